The van der Waals surface area contributed by atoms with Gasteiger partial charge in [-0.2, -0.15) is 17.7 Å². The van der Waals surface area contributed by atoms with Gasteiger partial charge in [-0.05, 0) is 62.2 Å². The van der Waals surface area contributed by atoms with Crippen LogP contribution in [0, 0.1) is 29.6 Å². The first-order chi connectivity index (χ1) is 9.72. The van der Waals surface area contributed by atoms with Crippen molar-refractivity contribution in [3.05, 3.63) is 35.6 Å². The summed E-state index contributed by atoms with van der Waals surface area (Å²) in [7, 11) is 0. The molecule has 0 N–H and O–H groups in total. The Labute approximate surface area is 178 Å². The van der Waals surface area contributed by atoms with E-state index in [0.717, 1.165) is 17.8 Å². The van der Waals surface area contributed by atoms with Gasteiger partial charge in [0.05, 0.1) is 0 Å². The molecule has 0 aromatic heterocycles. The summed E-state index contributed by atoms with van der Waals surface area (Å²) in [6.07, 6.45) is 11.0. The fourth-order valence-corrected chi connectivity index (χ4v) is 4.39. The van der Waals surface area contributed by atoms with E-state index in [2.05, 4.69) is 19.1 Å². The molecule has 110 valence electrons. The van der Waals surface area contributed by atoms with Gasteiger partial charge in [0.1, 0.15) is 0 Å². The van der Waals surface area contributed by atoms with Crippen LogP contribution in [0.25, 0.3) is 0 Å². The standard InChI is InChI=1S/C19H26F.Rb/c1-14-5-7-15(8-6-14)16-9-11-17(12-10-16)18-3-2-4-19(20)13-18;/h2-3,13-17H,5-12H2,1H3;/q-1;+1. The zero-order valence-electron chi connectivity index (χ0n) is 13.6. The van der Waals surface area contributed by atoms with Gasteiger partial charge in [-0.1, -0.05) is 19.8 Å². The largest absolute Gasteiger partial charge is 1.00 e. The molecule has 21 heavy (non-hydrogen) atoms. The Morgan fingerprint density at radius 1 is 0.952 bits per heavy atom. The second-order valence-electron chi connectivity index (χ2n) is 7.10. The minimum absolute atomic E-state index is 0. The van der Waals surface area contributed by atoms with Crippen LogP contribution in [0.15, 0.2) is 18.2 Å². The van der Waals surface area contributed by atoms with Crippen molar-refractivity contribution in [1.82, 2.24) is 0 Å². The molecule has 0 radical (unpaired) electrons. The Balaban J connectivity index is 0.00000161. The first kappa shape index (κ1) is 18.3. The van der Waals surface area contributed by atoms with E-state index in [0.29, 0.717) is 5.92 Å². The first-order valence-corrected chi connectivity index (χ1v) is 8.39. The zero-order valence-corrected chi connectivity index (χ0v) is 18.5. The average Bonchev–Trinajstić information content (AvgIpc) is 2.48. The molecular weight excluding hydrogens is 333 g/mol. The van der Waals surface area contributed by atoms with Crippen molar-refractivity contribution in [2.24, 2.45) is 17.8 Å². The average molecular weight is 359 g/mol. The van der Waals surface area contributed by atoms with Gasteiger partial charge in [-0.25, -0.2) is 4.39 Å². The van der Waals surface area contributed by atoms with E-state index < -0.39 is 0 Å². The third kappa shape index (κ3) is 4.96. The van der Waals surface area contributed by atoms with E-state index in [4.69, 9.17) is 0 Å². The predicted molar refractivity (Wildman–Crippen MR) is 81.1 cm³/mol. The number of halogens is 1. The van der Waals surface area contributed by atoms with Crippen LogP contribution in [0.3, 0.4) is 0 Å². The normalized spacial score (nSPS) is 33.2. The molecule has 3 rings (SSSR count). The molecule has 0 unspecified atom stereocenters. The maximum atomic E-state index is 13.3. The summed E-state index contributed by atoms with van der Waals surface area (Å²) in [6.45, 7) is 2.40. The van der Waals surface area contributed by atoms with Crippen molar-refractivity contribution in [2.75, 3.05) is 0 Å². The van der Waals surface area contributed by atoms with Crippen molar-refractivity contribution in [1.29, 1.82) is 0 Å². The van der Waals surface area contributed by atoms with Gasteiger partial charge in [-0.3, -0.25) is 0 Å². The first-order valence-electron chi connectivity index (χ1n) is 8.39. The molecule has 2 saturated carbocycles. The summed E-state index contributed by atoms with van der Waals surface area (Å²) in [6, 6.07) is 8.08. The summed E-state index contributed by atoms with van der Waals surface area (Å²) in [5.41, 5.74) is 1.19. The van der Waals surface area contributed by atoms with Crippen LogP contribution in [0.1, 0.15) is 69.8 Å². The maximum Gasteiger partial charge on any atom is 1.00 e. The molecule has 2 fully saturated rings. The summed E-state index contributed by atoms with van der Waals surface area (Å²) in [4.78, 5) is 0. The molecule has 0 nitrogen and oxygen atoms in total. The van der Waals surface area contributed by atoms with Gasteiger partial charge in [-0.15, -0.1) is 12.1 Å². The van der Waals surface area contributed by atoms with Gasteiger partial charge in [0.15, 0.2) is 0 Å². The molecule has 0 atom stereocenters. The van der Waals surface area contributed by atoms with E-state index in [1.807, 2.05) is 0 Å². The fraction of sp³-hybridized carbons (Fsp3) is 0.684. The molecule has 2 aliphatic carbocycles. The number of rotatable bonds is 2. The molecule has 0 heterocycles. The molecule has 0 amide bonds. The van der Waals surface area contributed by atoms with E-state index in [1.54, 1.807) is 12.1 Å². The minimum atomic E-state index is -0.203. The number of hydrogen-bond donors (Lipinski definition) is 0. The molecule has 2 aliphatic rings. The van der Waals surface area contributed by atoms with Crippen molar-refractivity contribution in [3.8, 4) is 0 Å². The quantitative estimate of drug-likeness (QED) is 0.713. The summed E-state index contributed by atoms with van der Waals surface area (Å²) < 4.78 is 13.3. The van der Waals surface area contributed by atoms with E-state index in [-0.39, 0.29) is 64.0 Å². The Hall–Kier alpha value is 0.955. The van der Waals surface area contributed by atoms with Crippen LogP contribution in [0.4, 0.5) is 4.39 Å². The van der Waals surface area contributed by atoms with Crippen LogP contribution >= 0.6 is 0 Å². The summed E-state index contributed by atoms with van der Waals surface area (Å²) >= 11 is 0. The van der Waals surface area contributed by atoms with Crippen LogP contribution in [0.5, 0.6) is 0 Å². The van der Waals surface area contributed by atoms with Crippen molar-refractivity contribution >= 4 is 0 Å². The molecule has 1 aromatic carbocycles. The predicted octanol–water partition coefficient (Wildman–Crippen LogP) is 2.73. The molecule has 0 saturated heterocycles. The Bertz CT molecular complexity index is 429. The molecular formula is C19H26FRb. The van der Waals surface area contributed by atoms with Crippen LogP contribution in [-0.4, -0.2) is 0 Å². The summed E-state index contributed by atoms with van der Waals surface area (Å²) in [5.74, 6) is 3.25. The minimum Gasteiger partial charge on any atom is -0.236 e. The van der Waals surface area contributed by atoms with Gasteiger partial charge in [0.25, 0.3) is 0 Å². The second-order valence-corrected chi connectivity index (χ2v) is 7.10. The number of benzene rings is 1. The second kappa shape index (κ2) is 8.71. The zero-order chi connectivity index (χ0) is 13.9. The van der Waals surface area contributed by atoms with Crippen LogP contribution in [-0.2, 0) is 0 Å². The van der Waals surface area contributed by atoms with Crippen LogP contribution < -0.4 is 58.2 Å². The monoisotopic (exact) mass is 358 g/mol. The third-order valence-corrected chi connectivity index (χ3v) is 5.76. The molecule has 0 spiro atoms. The molecule has 0 bridgehead atoms. The third-order valence-electron chi connectivity index (χ3n) is 5.76. The van der Waals surface area contributed by atoms with E-state index in [1.165, 1.54) is 56.9 Å². The number of hydrogen-bond acceptors (Lipinski definition) is 0. The topological polar surface area (TPSA) is 0 Å². The molecule has 2 heteroatoms. The van der Waals surface area contributed by atoms with Gasteiger partial charge in [0.2, 0.25) is 0 Å². The van der Waals surface area contributed by atoms with Crippen LogP contribution in [0.2, 0.25) is 0 Å². The van der Waals surface area contributed by atoms with E-state index >= 15 is 0 Å². The summed E-state index contributed by atoms with van der Waals surface area (Å²) in [5, 5.41) is 0. The molecule has 0 aliphatic heterocycles. The van der Waals surface area contributed by atoms with Gasteiger partial charge < -0.3 is 0 Å². The van der Waals surface area contributed by atoms with Gasteiger partial charge >= 0.3 is 58.2 Å². The fourth-order valence-electron chi connectivity index (χ4n) is 4.39. The smallest absolute Gasteiger partial charge is 0.236 e. The van der Waals surface area contributed by atoms with Gasteiger partial charge in [0, 0.05) is 5.82 Å². The Kier molecular flexibility index (Phi) is 7.59. The Morgan fingerprint density at radius 3 is 2.10 bits per heavy atom. The maximum absolute atomic E-state index is 13.3. The van der Waals surface area contributed by atoms with Crippen molar-refractivity contribution in [2.45, 2.75) is 64.2 Å². The van der Waals surface area contributed by atoms with Crippen molar-refractivity contribution in [3.63, 3.8) is 0 Å². The van der Waals surface area contributed by atoms with E-state index in [9.17, 15) is 4.39 Å². The van der Waals surface area contributed by atoms with Crippen molar-refractivity contribution < 1.29 is 62.6 Å². The Morgan fingerprint density at radius 2 is 1.52 bits per heavy atom. The SMILES string of the molecule is CC1CCC(C2CCC(c3cc[c-]c(F)c3)CC2)CC1.[Rb+]. The molecule has 1 aromatic rings.